The van der Waals surface area contributed by atoms with Crippen molar-refractivity contribution < 1.29 is 27.6 Å². The summed E-state index contributed by atoms with van der Waals surface area (Å²) in [6.45, 7) is 0.107. The van der Waals surface area contributed by atoms with E-state index < -0.39 is 40.4 Å². The number of amides is 1. The third-order valence-corrected chi connectivity index (χ3v) is 7.95. The largest absolute Gasteiger partial charge is 0.481 e. The van der Waals surface area contributed by atoms with E-state index in [1.54, 1.807) is 0 Å². The van der Waals surface area contributed by atoms with E-state index >= 15 is 0 Å². The zero-order valence-corrected chi connectivity index (χ0v) is 21.1. The Bertz CT molecular complexity index is 1350. The molecule has 1 saturated heterocycles. The molecular weight excluding hydrogens is 531 g/mol. The number of carbonyl (C=O) groups excluding carboxylic acids is 1. The summed E-state index contributed by atoms with van der Waals surface area (Å²) in [4.78, 5) is 28.8. The van der Waals surface area contributed by atoms with Gasteiger partial charge in [0.25, 0.3) is 0 Å². The lowest BCUT2D eigenvalue weighted by Gasteiger charge is -2.25. The SMILES string of the molecule is O=C(O)C[C@@H](NC(=O)[C@@H]1CCCN1S(=O)(=O)c1cc(Cl)cc(Cl)c1)c1nc(Cc2ccccc2)no1. The topological polar surface area (TPSA) is 143 Å². The molecule has 0 bridgehead atoms. The molecule has 1 aromatic heterocycles. The van der Waals surface area contributed by atoms with Gasteiger partial charge in [0.15, 0.2) is 5.82 Å². The Morgan fingerprint density at radius 3 is 2.53 bits per heavy atom. The number of sulfonamides is 1. The lowest BCUT2D eigenvalue weighted by Crippen LogP contribution is -2.47. The molecule has 10 nitrogen and oxygen atoms in total. The molecule has 0 aliphatic carbocycles. The molecule has 1 aliphatic heterocycles. The third kappa shape index (κ3) is 6.04. The number of nitrogens with one attached hydrogen (secondary N) is 1. The van der Waals surface area contributed by atoms with E-state index in [4.69, 9.17) is 27.7 Å². The molecular formula is C23H22Cl2N4O6S. The second kappa shape index (κ2) is 11.0. The van der Waals surface area contributed by atoms with Gasteiger partial charge in [-0.25, -0.2) is 8.42 Å². The van der Waals surface area contributed by atoms with Gasteiger partial charge in [-0.2, -0.15) is 9.29 Å². The van der Waals surface area contributed by atoms with E-state index in [-0.39, 0.29) is 33.8 Å². The van der Waals surface area contributed by atoms with Gasteiger partial charge in [0.2, 0.25) is 21.8 Å². The first-order valence-corrected chi connectivity index (χ1v) is 13.2. The highest BCUT2D eigenvalue weighted by atomic mass is 35.5. The summed E-state index contributed by atoms with van der Waals surface area (Å²) < 4.78 is 32.8. The molecule has 0 radical (unpaired) electrons. The summed E-state index contributed by atoms with van der Waals surface area (Å²) in [6, 6.07) is 11.1. The highest BCUT2D eigenvalue weighted by molar-refractivity contribution is 7.89. The molecule has 1 fully saturated rings. The van der Waals surface area contributed by atoms with E-state index in [2.05, 4.69) is 15.5 Å². The Kier molecular flexibility index (Phi) is 7.94. The normalized spacial score (nSPS) is 17.1. The van der Waals surface area contributed by atoms with E-state index in [1.165, 1.54) is 18.2 Å². The molecule has 2 heterocycles. The molecule has 0 spiro atoms. The van der Waals surface area contributed by atoms with Gasteiger partial charge in [-0.15, -0.1) is 0 Å². The lowest BCUT2D eigenvalue weighted by molar-refractivity contribution is -0.138. The van der Waals surface area contributed by atoms with Crippen LogP contribution in [0.25, 0.3) is 0 Å². The summed E-state index contributed by atoms with van der Waals surface area (Å²) in [5.41, 5.74) is 0.927. The summed E-state index contributed by atoms with van der Waals surface area (Å²) in [6.07, 6.45) is 0.524. The number of carbonyl (C=O) groups is 2. The number of nitrogens with zero attached hydrogens (tertiary/aromatic N) is 3. The fourth-order valence-corrected chi connectivity index (χ4v) is 6.39. The van der Waals surface area contributed by atoms with Crippen molar-refractivity contribution >= 4 is 45.1 Å². The van der Waals surface area contributed by atoms with Crippen LogP contribution < -0.4 is 5.32 Å². The first-order valence-electron chi connectivity index (χ1n) is 11.0. The van der Waals surface area contributed by atoms with Crippen LogP contribution in [-0.2, 0) is 26.0 Å². The molecule has 0 saturated carbocycles. The zero-order chi connectivity index (χ0) is 25.9. The minimum absolute atomic E-state index is 0.0780. The predicted molar refractivity (Wildman–Crippen MR) is 130 cm³/mol. The molecule has 190 valence electrons. The highest BCUT2D eigenvalue weighted by Crippen LogP contribution is 2.30. The maximum absolute atomic E-state index is 13.3. The Hall–Kier alpha value is -2.99. The van der Waals surface area contributed by atoms with Crippen molar-refractivity contribution in [3.05, 3.63) is 75.9 Å². The van der Waals surface area contributed by atoms with Gasteiger partial charge in [0.1, 0.15) is 12.1 Å². The molecule has 13 heteroatoms. The van der Waals surface area contributed by atoms with Crippen molar-refractivity contribution in [2.45, 2.75) is 42.7 Å². The summed E-state index contributed by atoms with van der Waals surface area (Å²) in [5.74, 6) is -1.62. The van der Waals surface area contributed by atoms with Gasteiger partial charge in [0.05, 0.1) is 11.3 Å². The minimum Gasteiger partial charge on any atom is -0.481 e. The lowest BCUT2D eigenvalue weighted by atomic mass is 10.1. The van der Waals surface area contributed by atoms with Crippen LogP contribution in [-0.4, -0.2) is 52.4 Å². The Balaban J connectivity index is 1.53. The van der Waals surface area contributed by atoms with E-state index in [0.29, 0.717) is 18.7 Å². The maximum atomic E-state index is 13.3. The minimum atomic E-state index is -4.10. The van der Waals surface area contributed by atoms with Crippen molar-refractivity contribution in [3.8, 4) is 0 Å². The number of aliphatic carboxylic acids is 1. The number of carboxylic acid groups (broad SMARTS) is 1. The molecule has 4 rings (SSSR count). The van der Waals surface area contributed by atoms with Gasteiger partial charge in [-0.3, -0.25) is 9.59 Å². The number of rotatable bonds is 9. The first-order chi connectivity index (χ1) is 17.1. The maximum Gasteiger partial charge on any atom is 0.305 e. The van der Waals surface area contributed by atoms with Crippen LogP contribution in [0.15, 0.2) is 57.9 Å². The van der Waals surface area contributed by atoms with E-state index in [1.807, 2.05) is 30.3 Å². The third-order valence-electron chi connectivity index (χ3n) is 5.63. The van der Waals surface area contributed by atoms with Crippen molar-refractivity contribution in [2.24, 2.45) is 0 Å². The number of carboxylic acids is 1. The summed E-state index contributed by atoms with van der Waals surface area (Å²) in [5, 5.41) is 16.1. The Morgan fingerprint density at radius 1 is 1.17 bits per heavy atom. The molecule has 2 aromatic carbocycles. The van der Waals surface area contributed by atoms with Crippen molar-refractivity contribution in [1.29, 1.82) is 0 Å². The van der Waals surface area contributed by atoms with Crippen molar-refractivity contribution in [3.63, 3.8) is 0 Å². The zero-order valence-electron chi connectivity index (χ0n) is 18.8. The molecule has 0 unspecified atom stereocenters. The van der Waals surface area contributed by atoms with Gasteiger partial charge < -0.3 is 14.9 Å². The van der Waals surface area contributed by atoms with E-state index in [0.717, 1.165) is 9.87 Å². The molecule has 3 aromatic rings. The molecule has 1 aliphatic rings. The monoisotopic (exact) mass is 552 g/mol. The smallest absolute Gasteiger partial charge is 0.305 e. The van der Waals surface area contributed by atoms with Crippen molar-refractivity contribution in [1.82, 2.24) is 19.8 Å². The quantitative estimate of drug-likeness (QED) is 0.410. The fourth-order valence-electron chi connectivity index (χ4n) is 4.00. The van der Waals surface area contributed by atoms with Gasteiger partial charge in [-0.05, 0) is 36.6 Å². The average Bonchev–Trinajstić information content (AvgIpc) is 3.49. The first kappa shape index (κ1) is 26.1. The van der Waals surface area contributed by atoms with Crippen LogP contribution >= 0.6 is 23.2 Å². The molecule has 2 N–H and O–H groups in total. The Labute approximate surface area is 217 Å². The van der Waals surface area contributed by atoms with Crippen LogP contribution in [0.5, 0.6) is 0 Å². The number of hydrogen-bond acceptors (Lipinski definition) is 7. The summed E-state index contributed by atoms with van der Waals surface area (Å²) in [7, 11) is -4.10. The van der Waals surface area contributed by atoms with E-state index in [9.17, 15) is 23.1 Å². The fraction of sp³-hybridized carbons (Fsp3) is 0.304. The molecule has 2 atom stereocenters. The van der Waals surface area contributed by atoms with Crippen LogP contribution in [0.2, 0.25) is 10.0 Å². The van der Waals surface area contributed by atoms with Gasteiger partial charge in [-0.1, -0.05) is 58.7 Å². The molecule has 1 amide bonds. The standard InChI is InChI=1S/C23H22Cl2N4O6S/c24-15-10-16(25)12-17(11-15)36(33,34)29-8-4-7-19(29)22(32)26-18(13-21(30)31)23-27-20(28-35-23)9-14-5-2-1-3-6-14/h1-3,5-6,10-12,18-19H,4,7-9,13H2,(H,26,32)(H,30,31)/t18-,19+/m1/s1. The second-order valence-corrected chi connectivity index (χ2v) is 11.0. The van der Waals surface area contributed by atoms with Crippen LogP contribution in [0.1, 0.15) is 42.6 Å². The highest BCUT2D eigenvalue weighted by Gasteiger charge is 2.41. The van der Waals surface area contributed by atoms with Gasteiger partial charge in [0, 0.05) is 23.0 Å². The summed E-state index contributed by atoms with van der Waals surface area (Å²) >= 11 is 11.9. The molecule has 36 heavy (non-hydrogen) atoms. The van der Waals surface area contributed by atoms with Crippen LogP contribution in [0.4, 0.5) is 0 Å². The number of halogens is 2. The van der Waals surface area contributed by atoms with Crippen LogP contribution in [0, 0.1) is 0 Å². The average molecular weight is 553 g/mol. The van der Waals surface area contributed by atoms with Gasteiger partial charge >= 0.3 is 5.97 Å². The van der Waals surface area contributed by atoms with Crippen LogP contribution in [0.3, 0.4) is 0 Å². The Morgan fingerprint density at radius 2 is 1.86 bits per heavy atom. The predicted octanol–water partition coefficient (Wildman–Crippen LogP) is 3.45. The number of hydrogen-bond donors (Lipinski definition) is 2. The van der Waals surface area contributed by atoms with Crippen molar-refractivity contribution in [2.75, 3.05) is 6.54 Å². The second-order valence-electron chi connectivity index (χ2n) is 8.25. The number of benzene rings is 2. The number of aromatic nitrogens is 2.